The van der Waals surface area contributed by atoms with Gasteiger partial charge >= 0.3 is 4.87 Å². The number of amides is 3. The van der Waals surface area contributed by atoms with Gasteiger partial charge in [0.05, 0.1) is 30.6 Å². The molecule has 7 unspecified atom stereocenters. The lowest BCUT2D eigenvalue weighted by molar-refractivity contribution is -0.141. The van der Waals surface area contributed by atoms with Crippen LogP contribution < -0.4 is 19.7 Å². The first-order valence-corrected chi connectivity index (χ1v) is 16.1. The SMILES string of the molecule is CCOc1cc(C2c3sc(=O)[nH]c3SC3C4CC(C5C(=O)N(CCC(=O)Nc6ccc(OC)cc6)C(=O)C45)C23)ccc1O. The van der Waals surface area contributed by atoms with E-state index in [1.54, 1.807) is 49.2 Å². The number of H-pyrrole nitrogens is 1. The fourth-order valence-electron chi connectivity index (χ4n) is 7.78. The summed E-state index contributed by atoms with van der Waals surface area (Å²) in [7, 11) is 1.57. The number of rotatable bonds is 8. The second kappa shape index (κ2) is 10.7. The van der Waals surface area contributed by atoms with Gasteiger partial charge in [0.15, 0.2) is 11.5 Å². The lowest BCUT2D eigenvalue weighted by Crippen LogP contribution is -2.42. The molecular weight excluding hydrogens is 590 g/mol. The number of methoxy groups -OCH3 is 1. The normalized spacial score (nSPS) is 28.4. The summed E-state index contributed by atoms with van der Waals surface area (Å²) in [6.07, 6.45) is 0.780. The Morgan fingerprint density at radius 2 is 1.84 bits per heavy atom. The molecule has 224 valence electrons. The fraction of sp³-hybridized carbons (Fsp3) is 0.419. The first kappa shape index (κ1) is 28.0. The number of anilines is 1. The van der Waals surface area contributed by atoms with Gasteiger partial charge in [-0.25, -0.2) is 0 Å². The average molecular weight is 622 g/mol. The van der Waals surface area contributed by atoms with E-state index >= 15 is 0 Å². The number of hydrogen-bond acceptors (Lipinski definition) is 9. The summed E-state index contributed by atoms with van der Waals surface area (Å²) in [5.41, 5.74) is 1.53. The zero-order chi connectivity index (χ0) is 30.0. The average Bonchev–Trinajstić information content (AvgIpc) is 3.73. The van der Waals surface area contributed by atoms with Gasteiger partial charge in [0.1, 0.15) is 5.75 Å². The van der Waals surface area contributed by atoms with Crippen molar-refractivity contribution in [1.29, 1.82) is 0 Å². The van der Waals surface area contributed by atoms with E-state index in [1.807, 2.05) is 19.1 Å². The molecule has 1 saturated heterocycles. The van der Waals surface area contributed by atoms with Crippen LogP contribution in [0.5, 0.6) is 17.2 Å². The molecule has 43 heavy (non-hydrogen) atoms. The van der Waals surface area contributed by atoms with Crippen LogP contribution in [0, 0.1) is 29.6 Å². The van der Waals surface area contributed by atoms with E-state index in [4.69, 9.17) is 9.47 Å². The van der Waals surface area contributed by atoms with E-state index in [0.29, 0.717) is 23.8 Å². The first-order chi connectivity index (χ1) is 20.8. The zero-order valence-electron chi connectivity index (χ0n) is 23.6. The van der Waals surface area contributed by atoms with E-state index in [-0.39, 0.29) is 70.2 Å². The van der Waals surface area contributed by atoms with Crippen LogP contribution in [-0.2, 0) is 14.4 Å². The molecule has 7 rings (SSSR count). The molecule has 2 aliphatic heterocycles. The number of carbonyl (C=O) groups is 3. The van der Waals surface area contributed by atoms with E-state index in [9.17, 15) is 24.3 Å². The molecule has 3 heterocycles. The lowest BCUT2D eigenvalue weighted by Gasteiger charge is -2.43. The van der Waals surface area contributed by atoms with Gasteiger partial charge < -0.3 is 24.9 Å². The van der Waals surface area contributed by atoms with Gasteiger partial charge in [0.2, 0.25) is 17.7 Å². The van der Waals surface area contributed by atoms with Crippen molar-refractivity contribution in [3.63, 3.8) is 0 Å². The molecule has 10 nitrogen and oxygen atoms in total. The summed E-state index contributed by atoms with van der Waals surface area (Å²) in [6.45, 7) is 2.28. The predicted molar refractivity (Wildman–Crippen MR) is 161 cm³/mol. The molecule has 12 heteroatoms. The third-order valence-electron chi connectivity index (χ3n) is 9.39. The number of aromatic amines is 1. The quantitative estimate of drug-likeness (QED) is 0.321. The Labute approximate surface area is 255 Å². The lowest BCUT2D eigenvalue weighted by atomic mass is 9.68. The Morgan fingerprint density at radius 3 is 2.56 bits per heavy atom. The van der Waals surface area contributed by atoms with E-state index in [0.717, 1.165) is 21.9 Å². The van der Waals surface area contributed by atoms with Gasteiger partial charge in [0, 0.05) is 34.7 Å². The third-order valence-corrected chi connectivity index (χ3v) is 12.0. The van der Waals surface area contributed by atoms with Gasteiger partial charge in [-0.2, -0.15) is 0 Å². The van der Waals surface area contributed by atoms with Crippen molar-refractivity contribution in [3.8, 4) is 17.2 Å². The van der Waals surface area contributed by atoms with Crippen LogP contribution in [-0.4, -0.2) is 58.2 Å². The molecule has 2 aliphatic carbocycles. The summed E-state index contributed by atoms with van der Waals surface area (Å²) in [5.74, 6) is -0.608. The minimum atomic E-state index is -0.438. The minimum Gasteiger partial charge on any atom is -0.504 e. The summed E-state index contributed by atoms with van der Waals surface area (Å²) in [5, 5.41) is 14.0. The molecule has 3 aromatic rings. The van der Waals surface area contributed by atoms with Crippen LogP contribution in [0.3, 0.4) is 0 Å². The van der Waals surface area contributed by atoms with Gasteiger partial charge in [-0.05, 0) is 73.1 Å². The number of carbonyl (C=O) groups excluding carboxylic acids is 3. The van der Waals surface area contributed by atoms with E-state index in [1.165, 1.54) is 16.2 Å². The number of phenolic OH excluding ortho intramolecular Hbond substituents is 1. The highest BCUT2D eigenvalue weighted by Gasteiger charge is 2.69. The van der Waals surface area contributed by atoms with Crippen molar-refractivity contribution in [3.05, 3.63) is 62.6 Å². The number of imide groups is 1. The molecule has 7 atom stereocenters. The molecule has 3 fully saturated rings. The maximum Gasteiger partial charge on any atom is 0.305 e. The smallest absolute Gasteiger partial charge is 0.305 e. The highest BCUT2D eigenvalue weighted by atomic mass is 32.2. The van der Waals surface area contributed by atoms with Gasteiger partial charge in [-0.3, -0.25) is 24.1 Å². The maximum absolute atomic E-state index is 13.8. The van der Waals surface area contributed by atoms with Crippen LogP contribution in [0.1, 0.15) is 36.1 Å². The largest absolute Gasteiger partial charge is 0.504 e. The van der Waals surface area contributed by atoms with Crippen molar-refractivity contribution < 1.29 is 29.0 Å². The van der Waals surface area contributed by atoms with Crippen LogP contribution >= 0.6 is 23.1 Å². The number of ether oxygens (including phenoxy) is 2. The van der Waals surface area contributed by atoms with Gasteiger partial charge in [-0.1, -0.05) is 17.4 Å². The number of nitrogens with one attached hydrogen (secondary N) is 2. The molecule has 2 bridgehead atoms. The van der Waals surface area contributed by atoms with Crippen molar-refractivity contribution >= 4 is 46.5 Å². The number of hydrogen-bond donors (Lipinski definition) is 3. The highest BCUT2D eigenvalue weighted by Crippen LogP contribution is 2.68. The van der Waals surface area contributed by atoms with Crippen molar-refractivity contribution in [2.45, 2.75) is 36.0 Å². The molecule has 4 aliphatic rings. The van der Waals surface area contributed by atoms with Gasteiger partial charge in [0.25, 0.3) is 0 Å². The number of benzene rings is 2. The number of thiazole rings is 1. The second-order valence-electron chi connectivity index (χ2n) is 11.5. The Balaban J connectivity index is 1.14. The van der Waals surface area contributed by atoms with E-state index in [2.05, 4.69) is 10.3 Å². The molecule has 3 amide bonds. The zero-order valence-corrected chi connectivity index (χ0v) is 25.2. The first-order valence-electron chi connectivity index (χ1n) is 14.4. The van der Waals surface area contributed by atoms with E-state index < -0.39 is 11.8 Å². The Hall–Kier alpha value is -3.77. The van der Waals surface area contributed by atoms with Crippen LogP contribution in [0.4, 0.5) is 5.69 Å². The van der Waals surface area contributed by atoms with Crippen LogP contribution in [0.2, 0.25) is 0 Å². The van der Waals surface area contributed by atoms with Crippen molar-refractivity contribution in [2.24, 2.45) is 29.6 Å². The van der Waals surface area contributed by atoms with Crippen LogP contribution in [0.15, 0.2) is 52.3 Å². The topological polar surface area (TPSA) is 138 Å². The molecule has 3 N–H and O–H groups in total. The minimum absolute atomic E-state index is 0.00868. The summed E-state index contributed by atoms with van der Waals surface area (Å²) in [6, 6.07) is 12.3. The second-order valence-corrected chi connectivity index (χ2v) is 13.7. The number of thioether (sulfide) groups is 1. The summed E-state index contributed by atoms with van der Waals surface area (Å²) in [4.78, 5) is 57.8. The summed E-state index contributed by atoms with van der Waals surface area (Å²) >= 11 is 2.81. The summed E-state index contributed by atoms with van der Waals surface area (Å²) < 4.78 is 10.8. The number of nitrogens with zero attached hydrogens (tertiary/aromatic N) is 1. The predicted octanol–water partition coefficient (Wildman–Crippen LogP) is 4.05. The molecule has 1 aromatic heterocycles. The molecule has 0 spiro atoms. The standard InChI is InChI=1S/C31H31N3O7S2/c1-3-41-20-12-14(4-9-19(20)35)22-23-17-13-18(26(23)42-28-27(22)43-31(39)33-28)25-24(17)29(37)34(30(25)38)11-10-21(36)32-15-5-7-16(40-2)8-6-15/h4-9,12,17-18,22-26,35H,3,10-11,13H2,1-2H3,(H,32,36)(H,33,39). The highest BCUT2D eigenvalue weighted by molar-refractivity contribution is 8.00. The molecule has 0 radical (unpaired) electrons. The number of aromatic hydroxyl groups is 1. The molecule has 2 aromatic carbocycles. The van der Waals surface area contributed by atoms with Crippen LogP contribution in [0.25, 0.3) is 0 Å². The monoisotopic (exact) mass is 621 g/mol. The Kier molecular flexibility index (Phi) is 7.00. The number of fused-ring (bicyclic) bond motifs is 9. The Bertz CT molecular complexity index is 1670. The third kappa shape index (κ3) is 4.53. The Morgan fingerprint density at radius 1 is 1.09 bits per heavy atom. The molecule has 2 saturated carbocycles. The fourth-order valence-corrected chi connectivity index (χ4v) is 10.7. The van der Waals surface area contributed by atoms with Crippen molar-refractivity contribution in [1.82, 2.24) is 9.88 Å². The van der Waals surface area contributed by atoms with Gasteiger partial charge in [-0.15, -0.1) is 11.8 Å². The number of phenols is 1. The molecular formula is C31H31N3O7S2. The number of likely N-dealkylation sites (tertiary alicyclic amines) is 1. The number of aromatic nitrogens is 1. The van der Waals surface area contributed by atoms with Crippen molar-refractivity contribution in [2.75, 3.05) is 25.6 Å². The maximum atomic E-state index is 13.8.